The topological polar surface area (TPSA) is 137 Å². The van der Waals surface area contributed by atoms with Crippen molar-refractivity contribution in [3.05, 3.63) is 0 Å². The summed E-state index contributed by atoms with van der Waals surface area (Å²) in [5.74, 6) is 0.812. The SMILES string of the molecule is CC1(C)CO[Si](CCCCS)(OCC(C)(C)CO[Si]2(CCCOC(=O)OCCOC(=O)O)OCC(C)(C)CO2)OC1. The molecule has 2 rings (SSSR count). The summed E-state index contributed by atoms with van der Waals surface area (Å²) in [5, 5.41) is 8.44. The average Bonchev–Trinajstić information content (AvgIpc) is 2.90. The minimum Gasteiger partial charge on any atom is -0.450 e. The molecule has 0 radical (unpaired) electrons. The molecule has 0 aromatic rings. The molecule has 0 aromatic heterocycles. The minimum absolute atomic E-state index is 0.0430. The van der Waals surface area contributed by atoms with Crippen LogP contribution in [0.15, 0.2) is 0 Å². The Morgan fingerprint density at radius 3 is 1.66 bits per heavy atom. The molecular formula is C26H50O12SSi2. The number of carbonyl (C=O) groups is 2. The number of carbonyl (C=O) groups excluding carboxylic acids is 1. The Morgan fingerprint density at radius 1 is 0.756 bits per heavy atom. The third-order valence-corrected chi connectivity index (χ3v) is 12.1. The Hall–Kier alpha value is -0.916. The number of hydrogen-bond acceptors (Lipinski definition) is 12. The second kappa shape index (κ2) is 16.2. The van der Waals surface area contributed by atoms with Gasteiger partial charge in [-0.1, -0.05) is 41.5 Å². The summed E-state index contributed by atoms with van der Waals surface area (Å²) >= 11 is 4.33. The van der Waals surface area contributed by atoms with Gasteiger partial charge in [0.1, 0.15) is 13.2 Å². The van der Waals surface area contributed by atoms with Gasteiger partial charge in [0.05, 0.1) is 6.61 Å². The highest BCUT2D eigenvalue weighted by molar-refractivity contribution is 7.80. The fraction of sp³-hybridized carbons (Fsp3) is 0.923. The van der Waals surface area contributed by atoms with Crippen molar-refractivity contribution in [3.8, 4) is 0 Å². The van der Waals surface area contributed by atoms with Gasteiger partial charge >= 0.3 is 29.9 Å². The molecule has 0 amide bonds. The van der Waals surface area contributed by atoms with Crippen LogP contribution in [-0.2, 0) is 40.8 Å². The van der Waals surface area contributed by atoms with E-state index in [2.05, 4.69) is 58.9 Å². The largest absolute Gasteiger partial charge is 0.508 e. The lowest BCUT2D eigenvalue weighted by Crippen LogP contribution is -2.56. The Labute approximate surface area is 252 Å². The lowest BCUT2D eigenvalue weighted by Gasteiger charge is -2.43. The second-order valence-electron chi connectivity index (χ2n) is 12.9. The molecule has 41 heavy (non-hydrogen) atoms. The zero-order chi connectivity index (χ0) is 30.6. The summed E-state index contributed by atoms with van der Waals surface area (Å²) < 4.78 is 52.1. The molecule has 0 aliphatic carbocycles. The summed E-state index contributed by atoms with van der Waals surface area (Å²) in [7, 11) is -5.88. The van der Waals surface area contributed by atoms with Gasteiger partial charge in [-0.3, -0.25) is 0 Å². The number of ether oxygens (including phenoxy) is 3. The van der Waals surface area contributed by atoms with Gasteiger partial charge in [0.2, 0.25) is 0 Å². The minimum atomic E-state index is -3.06. The van der Waals surface area contributed by atoms with E-state index in [-0.39, 0.29) is 36.1 Å². The van der Waals surface area contributed by atoms with Gasteiger partial charge < -0.3 is 45.9 Å². The van der Waals surface area contributed by atoms with Crippen molar-refractivity contribution in [1.82, 2.24) is 0 Å². The first-order chi connectivity index (χ1) is 19.1. The van der Waals surface area contributed by atoms with Gasteiger partial charge in [0.15, 0.2) is 0 Å². The van der Waals surface area contributed by atoms with Crippen molar-refractivity contribution in [3.63, 3.8) is 0 Å². The molecule has 1 N–H and O–H groups in total. The van der Waals surface area contributed by atoms with Gasteiger partial charge in [-0.05, 0) is 25.0 Å². The maximum Gasteiger partial charge on any atom is 0.508 e. The Morgan fingerprint density at radius 2 is 1.20 bits per heavy atom. The number of unbranched alkanes of at least 4 members (excludes halogenated alkanes) is 1. The Bertz CT molecular complexity index is 806. The molecule has 0 atom stereocenters. The normalized spacial score (nSPS) is 21.1. The van der Waals surface area contributed by atoms with Gasteiger partial charge in [0.25, 0.3) is 0 Å². The van der Waals surface area contributed by atoms with E-state index in [1.54, 1.807) is 0 Å². The van der Waals surface area contributed by atoms with Gasteiger partial charge in [-0.15, -0.1) is 0 Å². The number of hydrogen-bond donors (Lipinski definition) is 2. The van der Waals surface area contributed by atoms with E-state index < -0.39 is 29.9 Å². The first kappa shape index (κ1) is 36.3. The van der Waals surface area contributed by atoms with Crippen molar-refractivity contribution < 1.29 is 55.5 Å². The van der Waals surface area contributed by atoms with E-state index in [0.29, 0.717) is 52.1 Å². The summed E-state index contributed by atoms with van der Waals surface area (Å²) in [5.41, 5.74) is -0.550. The van der Waals surface area contributed by atoms with Crippen LogP contribution >= 0.6 is 12.6 Å². The molecule has 2 saturated heterocycles. The highest BCUT2D eigenvalue weighted by atomic mass is 32.1. The molecule has 0 saturated carbocycles. The standard InChI is InChI=1S/C26H50O12SSi2/c1-24(2)16-33-40(34-17-24,14-8-7-13-39)35-18-25(3,4)19-36-41(37-20-26(5,6)21-38-41)15-9-10-31-23(29)32-12-11-30-22(27)28/h39H,7-21H2,1-6H3,(H,27,28). The average molecular weight is 643 g/mol. The fourth-order valence-electron chi connectivity index (χ4n) is 3.83. The number of rotatable bonds is 17. The maximum atomic E-state index is 11.7. The van der Waals surface area contributed by atoms with Crippen molar-refractivity contribution in [2.24, 2.45) is 16.2 Å². The third kappa shape index (κ3) is 13.9. The van der Waals surface area contributed by atoms with Gasteiger partial charge in [-0.25, -0.2) is 9.59 Å². The molecule has 0 aromatic carbocycles. The van der Waals surface area contributed by atoms with Crippen LogP contribution in [0.5, 0.6) is 0 Å². The van der Waals surface area contributed by atoms with Crippen molar-refractivity contribution in [1.29, 1.82) is 0 Å². The van der Waals surface area contributed by atoms with Crippen LogP contribution in [0.2, 0.25) is 12.1 Å². The van der Waals surface area contributed by atoms with E-state index >= 15 is 0 Å². The lowest BCUT2D eigenvalue weighted by molar-refractivity contribution is -0.0705. The number of thiol groups is 1. The van der Waals surface area contributed by atoms with Crippen LogP contribution in [0.1, 0.15) is 60.8 Å². The summed E-state index contributed by atoms with van der Waals surface area (Å²) in [6.45, 7) is 15.1. The first-order valence-electron chi connectivity index (χ1n) is 14.2. The zero-order valence-corrected chi connectivity index (χ0v) is 28.4. The Kier molecular flexibility index (Phi) is 14.4. The molecule has 0 unspecified atom stereocenters. The molecule has 15 heteroatoms. The molecule has 2 aliphatic rings. The predicted molar refractivity (Wildman–Crippen MR) is 157 cm³/mol. The van der Waals surface area contributed by atoms with E-state index in [1.165, 1.54) is 0 Å². The molecule has 12 nitrogen and oxygen atoms in total. The summed E-state index contributed by atoms with van der Waals surface area (Å²) in [6, 6.07) is 1.22. The number of carboxylic acid groups (broad SMARTS) is 1. The molecule has 0 bridgehead atoms. The summed E-state index contributed by atoms with van der Waals surface area (Å²) in [4.78, 5) is 22.1. The van der Waals surface area contributed by atoms with E-state index in [1.807, 2.05) is 0 Å². The van der Waals surface area contributed by atoms with Gasteiger partial charge in [-0.2, -0.15) is 12.6 Å². The smallest absolute Gasteiger partial charge is 0.450 e. The Balaban J connectivity index is 1.89. The maximum absolute atomic E-state index is 11.7. The quantitative estimate of drug-likeness (QED) is 0.0954. The van der Waals surface area contributed by atoms with Crippen LogP contribution in [0, 0.1) is 16.2 Å². The highest BCUT2D eigenvalue weighted by Gasteiger charge is 2.50. The first-order valence-corrected chi connectivity index (χ1v) is 18.7. The van der Waals surface area contributed by atoms with Crippen molar-refractivity contribution in [2.45, 2.75) is 72.9 Å². The zero-order valence-electron chi connectivity index (χ0n) is 25.5. The molecule has 2 fully saturated rings. The molecule has 2 aliphatic heterocycles. The summed E-state index contributed by atoms with van der Waals surface area (Å²) in [6.07, 6.45) is 0.0235. The fourth-order valence-corrected chi connectivity index (χ4v) is 10.3. The van der Waals surface area contributed by atoms with Crippen LogP contribution in [0.3, 0.4) is 0 Å². The van der Waals surface area contributed by atoms with E-state index in [0.717, 1.165) is 24.6 Å². The molecule has 2 heterocycles. The van der Waals surface area contributed by atoms with Crippen LogP contribution in [-0.4, -0.2) is 100 Å². The predicted octanol–water partition coefficient (Wildman–Crippen LogP) is 5.02. The monoisotopic (exact) mass is 642 g/mol. The van der Waals surface area contributed by atoms with E-state index in [4.69, 9.17) is 41.1 Å². The highest BCUT2D eigenvalue weighted by Crippen LogP contribution is 2.35. The van der Waals surface area contributed by atoms with Crippen LogP contribution in [0.4, 0.5) is 9.59 Å². The second-order valence-corrected chi connectivity index (χ2v) is 18.8. The molecular weight excluding hydrogens is 593 g/mol. The molecule has 0 spiro atoms. The van der Waals surface area contributed by atoms with Crippen molar-refractivity contribution in [2.75, 3.05) is 65.2 Å². The van der Waals surface area contributed by atoms with Crippen LogP contribution in [0.25, 0.3) is 0 Å². The lowest BCUT2D eigenvalue weighted by atomic mass is 9.97. The van der Waals surface area contributed by atoms with Crippen molar-refractivity contribution >= 4 is 42.5 Å². The molecule has 240 valence electrons. The third-order valence-electron chi connectivity index (χ3n) is 6.36. The van der Waals surface area contributed by atoms with E-state index in [9.17, 15) is 9.59 Å². The van der Waals surface area contributed by atoms with Gasteiger partial charge in [0, 0.05) is 68.0 Å². The van der Waals surface area contributed by atoms with Crippen LogP contribution < -0.4 is 0 Å².